The molecule has 0 saturated carbocycles. The maximum absolute atomic E-state index is 13.3. The number of urea groups is 1. The van der Waals surface area contributed by atoms with E-state index >= 15 is 0 Å². The third-order valence-electron chi connectivity index (χ3n) is 5.99. The summed E-state index contributed by atoms with van der Waals surface area (Å²) in [6.45, 7) is 1.12. The van der Waals surface area contributed by atoms with E-state index in [1.807, 2.05) is 0 Å². The third kappa shape index (κ3) is 7.74. The van der Waals surface area contributed by atoms with Crippen LogP contribution < -0.4 is 26.4 Å². The van der Waals surface area contributed by atoms with Crippen molar-refractivity contribution in [2.75, 3.05) is 31.2 Å². The van der Waals surface area contributed by atoms with Gasteiger partial charge in [-0.3, -0.25) is 19.3 Å². The minimum absolute atomic E-state index is 0. The number of nitrogen functional groups attached to an aromatic ring is 1. The summed E-state index contributed by atoms with van der Waals surface area (Å²) in [5.74, 6) is -3.34. The van der Waals surface area contributed by atoms with E-state index in [1.165, 1.54) is 25.3 Å². The van der Waals surface area contributed by atoms with Gasteiger partial charge in [-0.2, -0.15) is 0 Å². The van der Waals surface area contributed by atoms with Crippen LogP contribution in [-0.2, 0) is 20.8 Å². The number of hydrogen-bond donors (Lipinski definition) is 5. The van der Waals surface area contributed by atoms with Gasteiger partial charge in [-0.25, -0.2) is 9.59 Å². The Bertz CT molecular complexity index is 1270. The summed E-state index contributed by atoms with van der Waals surface area (Å²) in [4.78, 5) is 63.6. The van der Waals surface area contributed by atoms with Crippen LogP contribution in [0.4, 0.5) is 16.2 Å². The summed E-state index contributed by atoms with van der Waals surface area (Å²) in [6.07, 6.45) is 0.295. The number of carbonyl (C=O) groups is 5. The first-order chi connectivity index (χ1) is 18.0. The van der Waals surface area contributed by atoms with E-state index in [1.54, 1.807) is 25.1 Å². The fraction of sp³-hybridized carbons (Fsp3) is 0.320. The molecule has 1 saturated heterocycles. The molecule has 0 aliphatic carbocycles. The molecule has 1 heterocycles. The molecule has 39 heavy (non-hydrogen) atoms. The zero-order valence-corrected chi connectivity index (χ0v) is 22.7. The minimum Gasteiger partial charge on any atom is -0.496 e. The van der Waals surface area contributed by atoms with Crippen LogP contribution in [-0.4, -0.2) is 66.0 Å². The number of nitrogens with one attached hydrogen (secondary N) is 3. The van der Waals surface area contributed by atoms with E-state index in [4.69, 9.17) is 22.1 Å². The number of hydrogen-bond acceptors (Lipinski definition) is 7. The van der Waals surface area contributed by atoms with E-state index < -0.39 is 48.2 Å². The molecule has 6 N–H and O–H groups in total. The Kier molecular flexibility index (Phi) is 10.9. The lowest BCUT2D eigenvalue weighted by molar-refractivity contribution is -0.133. The fourth-order valence-corrected chi connectivity index (χ4v) is 4.15. The average Bonchev–Trinajstić information content (AvgIpc) is 3.01. The van der Waals surface area contributed by atoms with Crippen molar-refractivity contribution in [1.82, 2.24) is 15.5 Å². The summed E-state index contributed by atoms with van der Waals surface area (Å²) in [7, 11) is 1.48. The second-order valence-electron chi connectivity index (χ2n) is 8.59. The van der Waals surface area contributed by atoms with Crippen LogP contribution in [0.25, 0.3) is 0 Å². The number of rotatable bonds is 8. The smallest absolute Gasteiger partial charge is 0.337 e. The number of carbonyl (C=O) groups excluding carboxylic acids is 4. The Labute approximate surface area is 235 Å². The summed E-state index contributed by atoms with van der Waals surface area (Å²) in [5.41, 5.74) is 6.27. The van der Waals surface area contributed by atoms with E-state index in [0.717, 1.165) is 4.90 Å². The highest BCUT2D eigenvalue weighted by Crippen LogP contribution is 2.26. The lowest BCUT2D eigenvalue weighted by atomic mass is 9.97. The zero-order valence-electron chi connectivity index (χ0n) is 21.2. The van der Waals surface area contributed by atoms with Gasteiger partial charge in [0.15, 0.2) is 0 Å². The predicted octanol–water partition coefficient (Wildman–Crippen LogP) is 2.29. The second kappa shape index (κ2) is 13.7. The van der Waals surface area contributed by atoms with Crippen LogP contribution in [0.15, 0.2) is 36.4 Å². The van der Waals surface area contributed by atoms with Crippen LogP contribution in [0.5, 0.6) is 5.75 Å². The van der Waals surface area contributed by atoms with Crippen molar-refractivity contribution >= 4 is 65.1 Å². The summed E-state index contributed by atoms with van der Waals surface area (Å²) < 4.78 is 5.34. The quantitative estimate of drug-likeness (QED) is 0.294. The molecule has 2 atom stereocenters. The van der Waals surface area contributed by atoms with Crippen molar-refractivity contribution in [1.29, 1.82) is 0 Å². The van der Waals surface area contributed by atoms with E-state index in [2.05, 4.69) is 16.0 Å². The zero-order chi connectivity index (χ0) is 28.0. The number of amides is 5. The topological polar surface area (TPSA) is 180 Å². The molecule has 2 aromatic carbocycles. The number of nitrogens with zero attached hydrogens (tertiary/aromatic N) is 1. The van der Waals surface area contributed by atoms with Crippen LogP contribution >= 0.6 is 24.0 Å². The molecule has 0 bridgehead atoms. The number of carboxylic acid groups (broad SMARTS) is 1. The van der Waals surface area contributed by atoms with Crippen molar-refractivity contribution in [3.63, 3.8) is 0 Å². The predicted molar refractivity (Wildman–Crippen MR) is 146 cm³/mol. The van der Waals surface area contributed by atoms with Crippen molar-refractivity contribution in [3.05, 3.63) is 52.5 Å². The highest BCUT2D eigenvalue weighted by atomic mass is 35.5. The first-order valence-corrected chi connectivity index (χ1v) is 12.1. The Morgan fingerprint density at radius 3 is 2.59 bits per heavy atom. The molecule has 0 spiro atoms. The number of methoxy groups -OCH3 is 1. The monoisotopic (exact) mass is 581 g/mol. The molecule has 1 unspecified atom stereocenters. The molecule has 3 rings (SSSR count). The SMILES string of the molecule is CC[C@@H](NC(=O)N1CC(=O)NCC(Cc2cc(Cl)ccc2OC)C1=O)C(=O)Nc1ccc(N)c(C(=O)O)c1.Cl. The molecule has 5 amide bonds. The maximum atomic E-state index is 13.3. The Hall–Kier alpha value is -4.03. The number of ether oxygens (including phenoxy) is 1. The van der Waals surface area contributed by atoms with Gasteiger partial charge in [0, 0.05) is 22.9 Å². The molecular weight excluding hydrogens is 553 g/mol. The molecule has 2 aromatic rings. The van der Waals surface area contributed by atoms with Gasteiger partial charge in [-0.15, -0.1) is 12.4 Å². The Morgan fingerprint density at radius 2 is 1.95 bits per heavy atom. The van der Waals surface area contributed by atoms with E-state index in [-0.39, 0.29) is 48.7 Å². The summed E-state index contributed by atoms with van der Waals surface area (Å²) >= 11 is 6.10. The largest absolute Gasteiger partial charge is 0.496 e. The molecule has 210 valence electrons. The number of carboxylic acids is 1. The number of aromatic carboxylic acids is 1. The molecule has 14 heteroatoms. The van der Waals surface area contributed by atoms with Gasteiger partial charge in [-0.1, -0.05) is 18.5 Å². The number of imide groups is 1. The highest BCUT2D eigenvalue weighted by molar-refractivity contribution is 6.30. The van der Waals surface area contributed by atoms with Gasteiger partial charge in [0.05, 0.1) is 18.6 Å². The van der Waals surface area contributed by atoms with Crippen LogP contribution in [0.3, 0.4) is 0 Å². The van der Waals surface area contributed by atoms with E-state index in [0.29, 0.717) is 16.3 Å². The lowest BCUT2D eigenvalue weighted by Gasteiger charge is -2.25. The molecule has 0 aromatic heterocycles. The summed E-state index contributed by atoms with van der Waals surface area (Å²) in [5, 5.41) is 17.3. The molecule has 12 nitrogen and oxygen atoms in total. The fourth-order valence-electron chi connectivity index (χ4n) is 3.95. The van der Waals surface area contributed by atoms with Gasteiger partial charge in [0.1, 0.15) is 18.3 Å². The first kappa shape index (κ1) is 31.2. The van der Waals surface area contributed by atoms with E-state index in [9.17, 15) is 29.1 Å². The average molecular weight is 582 g/mol. The highest BCUT2D eigenvalue weighted by Gasteiger charge is 2.35. The van der Waals surface area contributed by atoms with Gasteiger partial charge in [0.25, 0.3) is 0 Å². The number of nitrogens with two attached hydrogens (primary N) is 1. The van der Waals surface area contributed by atoms with Gasteiger partial charge in [-0.05, 0) is 54.8 Å². The van der Waals surface area contributed by atoms with Gasteiger partial charge >= 0.3 is 12.0 Å². The Morgan fingerprint density at radius 1 is 1.23 bits per heavy atom. The molecular formula is C25H29Cl2N5O7. The summed E-state index contributed by atoms with van der Waals surface area (Å²) in [6, 6.07) is 6.90. The van der Waals surface area contributed by atoms with Gasteiger partial charge in [0.2, 0.25) is 17.7 Å². The number of anilines is 2. The number of halogens is 2. The first-order valence-electron chi connectivity index (χ1n) is 11.7. The Balaban J connectivity index is 0.00000533. The molecule has 1 aliphatic rings. The number of benzene rings is 2. The molecule has 1 fully saturated rings. The lowest BCUT2D eigenvalue weighted by Crippen LogP contribution is -2.53. The second-order valence-corrected chi connectivity index (χ2v) is 9.03. The van der Waals surface area contributed by atoms with Crippen LogP contribution in [0.1, 0.15) is 29.3 Å². The van der Waals surface area contributed by atoms with Gasteiger partial charge < -0.3 is 31.5 Å². The van der Waals surface area contributed by atoms with Crippen LogP contribution in [0.2, 0.25) is 5.02 Å². The van der Waals surface area contributed by atoms with Crippen molar-refractivity contribution in [2.45, 2.75) is 25.8 Å². The molecule has 1 aliphatic heterocycles. The van der Waals surface area contributed by atoms with Crippen LogP contribution in [0, 0.1) is 5.92 Å². The standard InChI is InChI=1S/C25H28ClN5O7.ClH/c1-3-19(22(33)29-16-5-6-18(27)17(10-16)24(35)36)30-25(37)31-12-21(32)28-11-14(23(31)34)8-13-9-15(26)4-7-20(13)38-2;/h4-7,9-10,14,19H,3,8,11-12,27H2,1-2H3,(H,28,32)(H,29,33)(H,30,37)(H,35,36);1H/t14?,19-;/m1./s1. The maximum Gasteiger partial charge on any atom is 0.337 e. The van der Waals surface area contributed by atoms with Crippen molar-refractivity contribution < 1.29 is 33.8 Å². The minimum atomic E-state index is -1.26. The third-order valence-corrected chi connectivity index (χ3v) is 6.23. The normalized spacial score (nSPS) is 15.8. The van der Waals surface area contributed by atoms with Crippen molar-refractivity contribution in [3.8, 4) is 5.75 Å². The molecule has 0 radical (unpaired) electrons. The van der Waals surface area contributed by atoms with Crippen molar-refractivity contribution in [2.24, 2.45) is 5.92 Å².